The maximum absolute atomic E-state index is 4.55. The lowest BCUT2D eigenvalue weighted by atomic mass is 10.1. The van der Waals surface area contributed by atoms with Crippen molar-refractivity contribution in [2.24, 2.45) is 0 Å². The van der Waals surface area contributed by atoms with Gasteiger partial charge in [0, 0.05) is 17.1 Å². The fourth-order valence-corrected chi connectivity index (χ4v) is 3.59. The van der Waals surface area contributed by atoms with E-state index in [2.05, 4.69) is 57.5 Å². The van der Waals surface area contributed by atoms with Crippen molar-refractivity contribution in [3.05, 3.63) is 65.5 Å². The molecule has 0 spiro atoms. The van der Waals surface area contributed by atoms with Crippen LogP contribution < -0.4 is 0 Å². The minimum Gasteiger partial charge on any atom is -0.216 e. The Hall–Kier alpha value is -2.40. The van der Waals surface area contributed by atoms with Gasteiger partial charge in [-0.3, -0.25) is 0 Å². The van der Waals surface area contributed by atoms with Crippen LogP contribution in [0.4, 0.5) is 0 Å². The highest BCUT2D eigenvalue weighted by Crippen LogP contribution is 2.26. The Morgan fingerprint density at radius 2 is 1.83 bits per heavy atom. The average Bonchev–Trinajstić information content (AvgIpc) is 2.96. The van der Waals surface area contributed by atoms with Crippen molar-refractivity contribution in [1.29, 1.82) is 0 Å². The van der Waals surface area contributed by atoms with Crippen molar-refractivity contribution < 1.29 is 0 Å². The van der Waals surface area contributed by atoms with Crippen molar-refractivity contribution in [2.45, 2.75) is 24.8 Å². The predicted molar refractivity (Wildman–Crippen MR) is 93.8 cm³/mol. The molecular weight excluding hydrogens is 304 g/mol. The van der Waals surface area contributed by atoms with E-state index in [0.717, 1.165) is 22.3 Å². The third kappa shape index (κ3) is 2.68. The van der Waals surface area contributed by atoms with E-state index in [1.54, 1.807) is 16.3 Å². The molecule has 114 valence electrons. The molecule has 0 unspecified atom stereocenters. The number of aromatic nitrogens is 4. The van der Waals surface area contributed by atoms with E-state index >= 15 is 0 Å². The molecule has 0 saturated carbocycles. The van der Waals surface area contributed by atoms with E-state index in [-0.39, 0.29) is 0 Å². The van der Waals surface area contributed by atoms with Gasteiger partial charge in [0.2, 0.25) is 5.16 Å². The minimum atomic E-state index is 0.669. The fourth-order valence-electron chi connectivity index (χ4n) is 2.77. The monoisotopic (exact) mass is 320 g/mol. The van der Waals surface area contributed by atoms with E-state index in [1.165, 1.54) is 16.3 Å². The summed E-state index contributed by atoms with van der Waals surface area (Å²) in [6, 6.07) is 16.9. The lowest BCUT2D eigenvalue weighted by molar-refractivity contribution is 0.843. The SMILES string of the molecule is Cc1cc(C)n2nc(SCc3cccc4ccccc34)nc2n1. The molecule has 0 saturated heterocycles. The normalized spacial score (nSPS) is 11.4. The van der Waals surface area contributed by atoms with Gasteiger partial charge in [-0.05, 0) is 36.2 Å². The molecule has 4 rings (SSSR count). The number of benzene rings is 2. The number of hydrogen-bond donors (Lipinski definition) is 0. The molecule has 4 aromatic rings. The smallest absolute Gasteiger partial charge is 0.216 e. The van der Waals surface area contributed by atoms with Crippen LogP contribution in [0.5, 0.6) is 0 Å². The number of rotatable bonds is 3. The second-order valence-electron chi connectivity index (χ2n) is 5.57. The molecule has 2 aromatic heterocycles. The Morgan fingerprint density at radius 3 is 2.74 bits per heavy atom. The lowest BCUT2D eigenvalue weighted by Crippen LogP contribution is -1.97. The third-order valence-electron chi connectivity index (χ3n) is 3.84. The molecular formula is C18H16N4S. The van der Waals surface area contributed by atoms with Crippen molar-refractivity contribution in [2.75, 3.05) is 0 Å². The standard InChI is InChI=1S/C18H16N4S/c1-12-10-13(2)22-17(19-12)20-18(21-22)23-11-15-8-5-7-14-6-3-4-9-16(14)15/h3-10H,11H2,1-2H3. The van der Waals surface area contributed by atoms with Crippen LogP contribution >= 0.6 is 11.8 Å². The molecule has 0 amide bonds. The van der Waals surface area contributed by atoms with Crippen molar-refractivity contribution in [1.82, 2.24) is 19.6 Å². The largest absolute Gasteiger partial charge is 0.253 e. The summed E-state index contributed by atoms with van der Waals surface area (Å²) in [6.07, 6.45) is 0. The Morgan fingerprint density at radius 1 is 1.00 bits per heavy atom. The maximum Gasteiger partial charge on any atom is 0.253 e. The number of aryl methyl sites for hydroxylation is 2. The number of fused-ring (bicyclic) bond motifs is 2. The Kier molecular flexibility index (Phi) is 3.50. The Bertz CT molecular complexity index is 1000. The molecule has 23 heavy (non-hydrogen) atoms. The zero-order valence-corrected chi connectivity index (χ0v) is 13.8. The van der Waals surface area contributed by atoms with Crippen LogP contribution in [0.15, 0.2) is 53.7 Å². The Balaban J connectivity index is 1.65. The van der Waals surface area contributed by atoms with Crippen LogP contribution in [0, 0.1) is 13.8 Å². The molecule has 0 bridgehead atoms. The molecule has 0 fully saturated rings. The summed E-state index contributed by atoms with van der Waals surface area (Å²) in [7, 11) is 0. The van der Waals surface area contributed by atoms with Crippen LogP contribution in [0.1, 0.15) is 17.0 Å². The summed E-state index contributed by atoms with van der Waals surface area (Å²) in [5.74, 6) is 1.51. The fraction of sp³-hybridized carbons (Fsp3) is 0.167. The van der Waals surface area contributed by atoms with Crippen molar-refractivity contribution in [3.63, 3.8) is 0 Å². The number of nitrogens with zero attached hydrogens (tertiary/aromatic N) is 4. The summed E-state index contributed by atoms with van der Waals surface area (Å²) in [4.78, 5) is 8.97. The summed E-state index contributed by atoms with van der Waals surface area (Å²) < 4.78 is 1.80. The summed E-state index contributed by atoms with van der Waals surface area (Å²) in [6.45, 7) is 4.00. The summed E-state index contributed by atoms with van der Waals surface area (Å²) in [5.41, 5.74) is 3.32. The van der Waals surface area contributed by atoms with Crippen LogP contribution in [-0.4, -0.2) is 19.6 Å². The van der Waals surface area contributed by atoms with Gasteiger partial charge in [0.25, 0.3) is 5.78 Å². The van der Waals surface area contributed by atoms with Gasteiger partial charge in [0.15, 0.2) is 0 Å². The van der Waals surface area contributed by atoms with Gasteiger partial charge < -0.3 is 0 Å². The highest BCUT2D eigenvalue weighted by atomic mass is 32.2. The van der Waals surface area contributed by atoms with Gasteiger partial charge >= 0.3 is 0 Å². The molecule has 0 aliphatic rings. The molecule has 5 heteroatoms. The highest BCUT2D eigenvalue weighted by Gasteiger charge is 2.09. The molecule has 2 heterocycles. The number of thioether (sulfide) groups is 1. The van der Waals surface area contributed by atoms with E-state index in [0.29, 0.717) is 5.78 Å². The second kappa shape index (κ2) is 5.66. The van der Waals surface area contributed by atoms with Crippen LogP contribution in [0.2, 0.25) is 0 Å². The van der Waals surface area contributed by atoms with Crippen molar-refractivity contribution in [3.8, 4) is 0 Å². The van der Waals surface area contributed by atoms with Gasteiger partial charge in [-0.1, -0.05) is 54.2 Å². The topological polar surface area (TPSA) is 43.1 Å². The van der Waals surface area contributed by atoms with Crippen molar-refractivity contribution >= 4 is 28.3 Å². The molecule has 0 aliphatic carbocycles. The molecule has 0 atom stereocenters. The highest BCUT2D eigenvalue weighted by molar-refractivity contribution is 7.98. The van der Waals surface area contributed by atoms with Gasteiger partial charge in [-0.25, -0.2) is 9.50 Å². The zero-order valence-electron chi connectivity index (χ0n) is 13.0. The van der Waals surface area contributed by atoms with E-state index in [4.69, 9.17) is 0 Å². The van der Waals surface area contributed by atoms with Crippen LogP contribution in [-0.2, 0) is 5.75 Å². The summed E-state index contributed by atoms with van der Waals surface area (Å²) >= 11 is 1.65. The predicted octanol–water partition coefficient (Wildman–Crippen LogP) is 4.19. The van der Waals surface area contributed by atoms with E-state index in [9.17, 15) is 0 Å². The van der Waals surface area contributed by atoms with Gasteiger partial charge in [0.1, 0.15) is 0 Å². The first kappa shape index (κ1) is 14.2. The van der Waals surface area contributed by atoms with Gasteiger partial charge in [-0.2, -0.15) is 4.98 Å². The zero-order chi connectivity index (χ0) is 15.8. The number of hydrogen-bond acceptors (Lipinski definition) is 4. The summed E-state index contributed by atoms with van der Waals surface area (Å²) in [5, 5.41) is 7.87. The third-order valence-corrected chi connectivity index (χ3v) is 4.72. The van der Waals surface area contributed by atoms with Crippen LogP contribution in [0.3, 0.4) is 0 Å². The molecule has 0 N–H and O–H groups in total. The molecule has 0 aliphatic heterocycles. The first-order valence-electron chi connectivity index (χ1n) is 7.51. The van der Waals surface area contributed by atoms with Gasteiger partial charge in [0.05, 0.1) is 0 Å². The first-order valence-corrected chi connectivity index (χ1v) is 8.50. The quantitative estimate of drug-likeness (QED) is 0.531. The average molecular weight is 320 g/mol. The molecule has 4 nitrogen and oxygen atoms in total. The second-order valence-corrected chi connectivity index (χ2v) is 6.51. The maximum atomic E-state index is 4.55. The molecule has 0 radical (unpaired) electrons. The van der Waals surface area contributed by atoms with Gasteiger partial charge in [-0.15, -0.1) is 5.10 Å². The van der Waals surface area contributed by atoms with E-state index < -0.39 is 0 Å². The minimum absolute atomic E-state index is 0.669. The Labute approximate surface area is 138 Å². The van der Waals surface area contributed by atoms with Crippen LogP contribution in [0.25, 0.3) is 16.6 Å². The first-order chi connectivity index (χ1) is 11.2. The molecule has 2 aromatic carbocycles. The lowest BCUT2D eigenvalue weighted by Gasteiger charge is -2.04. The van der Waals surface area contributed by atoms with E-state index in [1.807, 2.05) is 19.9 Å².